The third-order valence-corrected chi connectivity index (χ3v) is 2.24. The second kappa shape index (κ2) is 4.96. The molecule has 0 aliphatic heterocycles. The Labute approximate surface area is 109 Å². The van der Waals surface area contributed by atoms with Gasteiger partial charge in [-0.1, -0.05) is 0 Å². The van der Waals surface area contributed by atoms with E-state index in [0.29, 0.717) is 12.1 Å². The lowest BCUT2D eigenvalue weighted by atomic mass is 10.2. The lowest BCUT2D eigenvalue weighted by Gasteiger charge is -2.11. The third kappa shape index (κ3) is 3.28. The molecule has 0 spiro atoms. The number of anilines is 2. The zero-order chi connectivity index (χ0) is 14.0. The van der Waals surface area contributed by atoms with Gasteiger partial charge in [-0.15, -0.1) is 5.10 Å². The van der Waals surface area contributed by atoms with Crippen molar-refractivity contribution in [1.29, 1.82) is 0 Å². The van der Waals surface area contributed by atoms with Gasteiger partial charge in [-0.05, 0) is 29.8 Å². The van der Waals surface area contributed by atoms with E-state index in [2.05, 4.69) is 20.5 Å². The molecule has 0 aliphatic rings. The molecule has 0 bridgehead atoms. The molecule has 0 fully saturated rings. The minimum atomic E-state index is -4.77. The quantitative estimate of drug-likeness (QED) is 0.862. The van der Waals surface area contributed by atoms with E-state index in [9.17, 15) is 17.6 Å². The van der Waals surface area contributed by atoms with Gasteiger partial charge in [0.25, 0.3) is 0 Å². The molecule has 1 N–H and O–H groups in total. The van der Waals surface area contributed by atoms with Gasteiger partial charge in [0.2, 0.25) is 5.28 Å². The maximum atomic E-state index is 13.1. The van der Waals surface area contributed by atoms with Crippen molar-refractivity contribution in [3.63, 3.8) is 0 Å². The molecule has 0 unspecified atom stereocenters. The zero-order valence-corrected chi connectivity index (χ0v) is 9.80. The Morgan fingerprint density at radius 2 is 1.95 bits per heavy atom. The van der Waals surface area contributed by atoms with Crippen LogP contribution in [0.5, 0.6) is 0 Å². The number of halogens is 5. The van der Waals surface area contributed by atoms with E-state index in [-0.39, 0.29) is 16.8 Å². The molecular formula is C10H5ClF4N4. The third-order valence-electron chi connectivity index (χ3n) is 2.08. The van der Waals surface area contributed by atoms with E-state index in [1.165, 1.54) is 6.20 Å². The standard InChI is InChI=1S/C10H5ClF4N4/c11-9-18-8(4-16-19-9)17-5-1-2-7(12)6(3-5)10(13,14)15/h1-4H,(H,17,18,19). The molecule has 0 atom stereocenters. The SMILES string of the molecule is Fc1ccc(Nc2cnnc(Cl)n2)cc1C(F)(F)F. The second-order valence-electron chi connectivity index (χ2n) is 3.43. The van der Waals surface area contributed by atoms with E-state index >= 15 is 0 Å². The van der Waals surface area contributed by atoms with Gasteiger partial charge in [-0.25, -0.2) is 4.39 Å². The smallest absolute Gasteiger partial charge is 0.339 e. The highest BCUT2D eigenvalue weighted by molar-refractivity contribution is 6.28. The van der Waals surface area contributed by atoms with Gasteiger partial charge in [0.15, 0.2) is 5.82 Å². The summed E-state index contributed by atoms with van der Waals surface area (Å²) in [6.07, 6.45) is -3.61. The van der Waals surface area contributed by atoms with Crippen molar-refractivity contribution >= 4 is 23.1 Å². The van der Waals surface area contributed by atoms with Crippen LogP contribution in [0, 0.1) is 5.82 Å². The Morgan fingerprint density at radius 1 is 1.21 bits per heavy atom. The zero-order valence-electron chi connectivity index (χ0n) is 9.04. The fourth-order valence-electron chi connectivity index (χ4n) is 1.31. The number of aromatic nitrogens is 3. The molecule has 4 nitrogen and oxygen atoms in total. The molecule has 1 heterocycles. The van der Waals surface area contributed by atoms with Crippen molar-refractivity contribution in [1.82, 2.24) is 15.2 Å². The minimum Gasteiger partial charge on any atom is -0.339 e. The van der Waals surface area contributed by atoms with Crippen molar-refractivity contribution in [2.24, 2.45) is 0 Å². The largest absolute Gasteiger partial charge is 0.419 e. The normalized spacial score (nSPS) is 11.4. The Hall–Kier alpha value is -1.96. The van der Waals surface area contributed by atoms with Crippen molar-refractivity contribution < 1.29 is 17.6 Å². The average Bonchev–Trinajstić information content (AvgIpc) is 2.30. The lowest BCUT2D eigenvalue weighted by Crippen LogP contribution is -2.08. The molecule has 1 aromatic carbocycles. The number of alkyl halides is 3. The summed E-state index contributed by atoms with van der Waals surface area (Å²) in [5.41, 5.74) is -1.36. The van der Waals surface area contributed by atoms with Crippen LogP contribution in [0.3, 0.4) is 0 Å². The van der Waals surface area contributed by atoms with Crippen LogP contribution in [-0.4, -0.2) is 15.2 Å². The monoisotopic (exact) mass is 292 g/mol. The maximum Gasteiger partial charge on any atom is 0.419 e. The van der Waals surface area contributed by atoms with E-state index in [1.807, 2.05) is 0 Å². The number of rotatable bonds is 2. The summed E-state index contributed by atoms with van der Waals surface area (Å²) in [7, 11) is 0. The van der Waals surface area contributed by atoms with Gasteiger partial charge >= 0.3 is 6.18 Å². The van der Waals surface area contributed by atoms with Crippen LogP contribution in [0.4, 0.5) is 29.1 Å². The van der Waals surface area contributed by atoms with Crippen LogP contribution < -0.4 is 5.32 Å². The van der Waals surface area contributed by atoms with E-state index in [0.717, 1.165) is 6.07 Å². The average molecular weight is 293 g/mol. The fourth-order valence-corrected chi connectivity index (χ4v) is 1.44. The van der Waals surface area contributed by atoms with Crippen molar-refractivity contribution in [3.8, 4) is 0 Å². The van der Waals surface area contributed by atoms with Crippen LogP contribution in [0.25, 0.3) is 0 Å². The highest BCUT2D eigenvalue weighted by Crippen LogP contribution is 2.33. The van der Waals surface area contributed by atoms with Gasteiger partial charge in [-0.3, -0.25) is 0 Å². The Bertz CT molecular complexity index is 602. The minimum absolute atomic E-state index is 0.00490. The number of hydrogen-bond acceptors (Lipinski definition) is 4. The van der Waals surface area contributed by atoms with Crippen LogP contribution in [0.2, 0.25) is 5.28 Å². The number of hydrogen-bond donors (Lipinski definition) is 1. The molecule has 0 amide bonds. The van der Waals surface area contributed by atoms with Crippen molar-refractivity contribution in [2.75, 3.05) is 5.32 Å². The first-order chi connectivity index (χ1) is 8.86. The molecular weight excluding hydrogens is 288 g/mol. The lowest BCUT2D eigenvalue weighted by molar-refractivity contribution is -0.139. The molecule has 2 aromatic rings. The summed E-state index contributed by atoms with van der Waals surface area (Å²) in [6, 6.07) is 2.48. The topological polar surface area (TPSA) is 50.7 Å². The first-order valence-electron chi connectivity index (χ1n) is 4.85. The molecule has 9 heteroatoms. The predicted molar refractivity (Wildman–Crippen MR) is 59.5 cm³/mol. The van der Waals surface area contributed by atoms with E-state index < -0.39 is 17.6 Å². The van der Waals surface area contributed by atoms with Crippen molar-refractivity contribution in [2.45, 2.75) is 6.18 Å². The predicted octanol–water partition coefficient (Wildman–Crippen LogP) is 3.43. The van der Waals surface area contributed by atoms with Gasteiger partial charge in [-0.2, -0.15) is 23.3 Å². The number of nitrogens with zero attached hydrogens (tertiary/aromatic N) is 3. The summed E-state index contributed by atoms with van der Waals surface area (Å²) in [6.45, 7) is 0. The van der Waals surface area contributed by atoms with Crippen LogP contribution >= 0.6 is 11.6 Å². The summed E-state index contributed by atoms with van der Waals surface area (Å²) in [5.74, 6) is -1.25. The van der Waals surface area contributed by atoms with Gasteiger partial charge in [0.1, 0.15) is 5.82 Å². The van der Waals surface area contributed by atoms with Crippen LogP contribution in [-0.2, 0) is 6.18 Å². The molecule has 100 valence electrons. The Morgan fingerprint density at radius 3 is 2.58 bits per heavy atom. The van der Waals surface area contributed by atoms with Gasteiger partial charge in [0.05, 0.1) is 11.8 Å². The number of benzene rings is 1. The summed E-state index contributed by atoms with van der Waals surface area (Å²) in [4.78, 5) is 3.69. The van der Waals surface area contributed by atoms with E-state index in [4.69, 9.17) is 11.6 Å². The molecule has 0 saturated heterocycles. The van der Waals surface area contributed by atoms with Crippen molar-refractivity contribution in [3.05, 3.63) is 41.1 Å². The Balaban J connectivity index is 2.32. The Kier molecular flexibility index (Phi) is 3.52. The highest BCUT2D eigenvalue weighted by atomic mass is 35.5. The molecule has 2 rings (SSSR count). The molecule has 19 heavy (non-hydrogen) atoms. The summed E-state index contributed by atoms with van der Waals surface area (Å²) >= 11 is 5.48. The highest BCUT2D eigenvalue weighted by Gasteiger charge is 2.34. The van der Waals surface area contributed by atoms with Crippen LogP contribution in [0.1, 0.15) is 5.56 Å². The van der Waals surface area contributed by atoms with E-state index in [1.54, 1.807) is 0 Å². The summed E-state index contributed by atoms with van der Waals surface area (Å²) in [5, 5.41) is 9.20. The number of nitrogens with one attached hydrogen (secondary N) is 1. The van der Waals surface area contributed by atoms with Gasteiger partial charge < -0.3 is 5.32 Å². The van der Waals surface area contributed by atoms with Crippen LogP contribution in [0.15, 0.2) is 24.4 Å². The molecule has 0 radical (unpaired) electrons. The first-order valence-corrected chi connectivity index (χ1v) is 5.23. The fraction of sp³-hybridized carbons (Fsp3) is 0.100. The molecule has 0 saturated carbocycles. The molecule has 0 aliphatic carbocycles. The summed E-state index contributed by atoms with van der Waals surface area (Å²) < 4.78 is 50.6. The maximum absolute atomic E-state index is 13.1. The molecule has 1 aromatic heterocycles. The second-order valence-corrected chi connectivity index (χ2v) is 3.77. The van der Waals surface area contributed by atoms with Gasteiger partial charge in [0, 0.05) is 5.69 Å². The first kappa shape index (κ1) is 13.5.